The predicted octanol–water partition coefficient (Wildman–Crippen LogP) is 2.59. The van der Waals surface area contributed by atoms with E-state index in [-0.39, 0.29) is 16.3 Å². The van der Waals surface area contributed by atoms with Crippen LogP contribution in [0.15, 0.2) is 53.9 Å². The monoisotopic (exact) mass is 365 g/mol. The first-order chi connectivity index (χ1) is 12.3. The lowest BCUT2D eigenvalue weighted by Crippen LogP contribution is -2.56. The molecule has 1 aliphatic rings. The Morgan fingerprint density at radius 1 is 1.27 bits per heavy atom. The summed E-state index contributed by atoms with van der Waals surface area (Å²) < 4.78 is 45.6. The fourth-order valence-electron chi connectivity index (χ4n) is 2.54. The molecular weight excluding hydrogens is 351 g/mol. The molecule has 1 N–H and O–H groups in total. The predicted molar refractivity (Wildman–Crippen MR) is 85.6 cm³/mol. The van der Waals surface area contributed by atoms with Gasteiger partial charge in [0.15, 0.2) is 0 Å². The van der Waals surface area contributed by atoms with Gasteiger partial charge < -0.3 is 9.84 Å². The summed E-state index contributed by atoms with van der Waals surface area (Å²) in [6, 6.07) is 8.82. The number of alkyl halides is 3. The van der Waals surface area contributed by atoms with E-state index in [2.05, 4.69) is 10.1 Å². The van der Waals surface area contributed by atoms with Gasteiger partial charge in [-0.15, -0.1) is 0 Å². The van der Waals surface area contributed by atoms with Crippen LogP contribution in [0.25, 0.3) is 0 Å². The Labute approximate surface area is 146 Å². The van der Waals surface area contributed by atoms with Crippen molar-refractivity contribution in [3.63, 3.8) is 0 Å². The number of rotatable bonds is 3. The number of nitrogens with zero attached hydrogens (tertiary/aromatic N) is 3. The molecule has 2 heterocycles. The summed E-state index contributed by atoms with van der Waals surface area (Å²) in [6.45, 7) is 0. The van der Waals surface area contributed by atoms with Crippen molar-refractivity contribution < 1.29 is 27.8 Å². The molecule has 9 heteroatoms. The second kappa shape index (κ2) is 6.41. The van der Waals surface area contributed by atoms with Crippen molar-refractivity contribution in [1.82, 2.24) is 9.99 Å². The summed E-state index contributed by atoms with van der Waals surface area (Å²) in [4.78, 5) is 16.2. The Morgan fingerprint density at radius 3 is 2.50 bits per heavy atom. The number of amides is 1. The maximum atomic E-state index is 13.5. The normalized spacial score (nSPS) is 20.0. The zero-order valence-electron chi connectivity index (χ0n) is 13.6. The number of hydrogen-bond donors (Lipinski definition) is 1. The smallest absolute Gasteiger partial charge is 0.438 e. The SMILES string of the molecule is COc1ccc(C2=NN(C(=O)c3cccnc3)[C@@](O)(C(F)(F)F)C2)cc1. The highest BCUT2D eigenvalue weighted by Gasteiger charge is 2.63. The Balaban J connectivity index is 2.02. The quantitative estimate of drug-likeness (QED) is 0.907. The van der Waals surface area contributed by atoms with Gasteiger partial charge >= 0.3 is 6.18 Å². The van der Waals surface area contributed by atoms with Crippen molar-refractivity contribution in [2.75, 3.05) is 7.11 Å². The number of carbonyl (C=O) groups is 1. The van der Waals surface area contributed by atoms with Crippen LogP contribution >= 0.6 is 0 Å². The number of pyridine rings is 1. The van der Waals surface area contributed by atoms with Gasteiger partial charge in [-0.1, -0.05) is 0 Å². The number of benzene rings is 1. The number of hydrazone groups is 1. The Morgan fingerprint density at radius 2 is 1.96 bits per heavy atom. The van der Waals surface area contributed by atoms with Gasteiger partial charge in [0.2, 0.25) is 0 Å². The number of hydrogen-bond acceptors (Lipinski definition) is 5. The second-order valence-corrected chi connectivity index (χ2v) is 5.62. The molecule has 2 aromatic rings. The van der Waals surface area contributed by atoms with Crippen LogP contribution in [0.4, 0.5) is 13.2 Å². The summed E-state index contributed by atoms with van der Waals surface area (Å²) in [5, 5.41) is 14.1. The zero-order valence-corrected chi connectivity index (χ0v) is 13.6. The molecule has 1 aromatic heterocycles. The third-order valence-corrected chi connectivity index (χ3v) is 3.96. The number of carbonyl (C=O) groups excluding carboxylic acids is 1. The second-order valence-electron chi connectivity index (χ2n) is 5.62. The van der Waals surface area contributed by atoms with Crippen LogP contribution in [-0.4, -0.2) is 45.7 Å². The summed E-state index contributed by atoms with van der Waals surface area (Å²) in [6.07, 6.45) is -3.49. The summed E-state index contributed by atoms with van der Waals surface area (Å²) >= 11 is 0. The van der Waals surface area contributed by atoms with Crippen molar-refractivity contribution in [3.05, 3.63) is 59.9 Å². The molecule has 1 aromatic carbocycles. The van der Waals surface area contributed by atoms with E-state index in [1.807, 2.05) is 0 Å². The molecule has 136 valence electrons. The first kappa shape index (κ1) is 17.9. The molecule has 0 fully saturated rings. The van der Waals surface area contributed by atoms with Gasteiger partial charge in [0.05, 0.1) is 24.8 Å². The first-order valence-corrected chi connectivity index (χ1v) is 7.52. The molecular formula is C17H14F3N3O3. The van der Waals surface area contributed by atoms with Crippen LogP contribution in [0.2, 0.25) is 0 Å². The molecule has 3 rings (SSSR count). The molecule has 1 aliphatic heterocycles. The average Bonchev–Trinajstić information content (AvgIpc) is 3.01. The van der Waals surface area contributed by atoms with Crippen molar-refractivity contribution in [1.29, 1.82) is 0 Å². The molecule has 1 atom stereocenters. The van der Waals surface area contributed by atoms with Crippen LogP contribution < -0.4 is 4.74 Å². The highest BCUT2D eigenvalue weighted by molar-refractivity contribution is 6.05. The minimum Gasteiger partial charge on any atom is -0.497 e. The maximum absolute atomic E-state index is 13.5. The van der Waals surface area contributed by atoms with E-state index in [1.54, 1.807) is 12.1 Å². The van der Waals surface area contributed by atoms with Crippen molar-refractivity contribution in [2.45, 2.75) is 18.3 Å². The third-order valence-electron chi connectivity index (χ3n) is 3.96. The Kier molecular flexibility index (Phi) is 4.41. The van der Waals surface area contributed by atoms with E-state index >= 15 is 0 Å². The zero-order chi connectivity index (χ0) is 18.9. The van der Waals surface area contributed by atoms with Gasteiger partial charge in [0, 0.05) is 12.4 Å². The fourth-order valence-corrected chi connectivity index (χ4v) is 2.54. The molecule has 0 spiro atoms. The van der Waals surface area contributed by atoms with Crippen LogP contribution in [0.1, 0.15) is 22.3 Å². The van der Waals surface area contributed by atoms with Crippen molar-refractivity contribution >= 4 is 11.6 Å². The summed E-state index contributed by atoms with van der Waals surface area (Å²) in [7, 11) is 1.46. The van der Waals surface area contributed by atoms with Crippen LogP contribution in [0.5, 0.6) is 5.75 Å². The molecule has 0 saturated heterocycles. The molecule has 6 nitrogen and oxygen atoms in total. The third kappa shape index (κ3) is 3.01. The minimum atomic E-state index is -5.09. The van der Waals surface area contributed by atoms with Crippen LogP contribution in [0, 0.1) is 0 Å². The largest absolute Gasteiger partial charge is 0.497 e. The molecule has 26 heavy (non-hydrogen) atoms. The Hall–Kier alpha value is -2.94. The molecule has 0 aliphatic carbocycles. The first-order valence-electron chi connectivity index (χ1n) is 7.52. The van der Waals surface area contributed by atoms with E-state index in [0.717, 1.165) is 6.20 Å². The topological polar surface area (TPSA) is 75.0 Å². The number of ether oxygens (including phenoxy) is 1. The van der Waals surface area contributed by atoms with E-state index in [4.69, 9.17) is 4.74 Å². The van der Waals surface area contributed by atoms with E-state index in [1.165, 1.54) is 37.6 Å². The van der Waals surface area contributed by atoms with Crippen molar-refractivity contribution in [3.8, 4) is 5.75 Å². The number of aliphatic hydroxyl groups is 1. The number of methoxy groups -OCH3 is 1. The summed E-state index contributed by atoms with van der Waals surface area (Å²) in [5.41, 5.74) is -3.27. The average molecular weight is 365 g/mol. The number of aromatic nitrogens is 1. The highest BCUT2D eigenvalue weighted by Crippen LogP contribution is 2.42. The fraction of sp³-hybridized carbons (Fsp3) is 0.235. The molecule has 1 amide bonds. The van der Waals surface area contributed by atoms with Gasteiger partial charge in [0.1, 0.15) is 5.75 Å². The number of halogens is 3. The van der Waals surface area contributed by atoms with Crippen LogP contribution in [0.3, 0.4) is 0 Å². The van der Waals surface area contributed by atoms with E-state index < -0.39 is 24.2 Å². The van der Waals surface area contributed by atoms with Crippen LogP contribution in [-0.2, 0) is 0 Å². The molecule has 0 saturated carbocycles. The minimum absolute atomic E-state index is 0.0651. The molecule has 0 bridgehead atoms. The lowest BCUT2D eigenvalue weighted by atomic mass is 10.0. The lowest BCUT2D eigenvalue weighted by molar-refractivity contribution is -0.297. The van der Waals surface area contributed by atoms with Gasteiger partial charge in [-0.25, -0.2) is 0 Å². The summed E-state index contributed by atoms with van der Waals surface area (Å²) in [5.74, 6) is -0.580. The highest BCUT2D eigenvalue weighted by atomic mass is 19.4. The molecule has 0 radical (unpaired) electrons. The van der Waals surface area contributed by atoms with Crippen molar-refractivity contribution in [2.24, 2.45) is 5.10 Å². The van der Waals surface area contributed by atoms with Gasteiger partial charge in [0.25, 0.3) is 11.6 Å². The van der Waals surface area contributed by atoms with E-state index in [9.17, 15) is 23.1 Å². The Bertz CT molecular complexity index is 838. The van der Waals surface area contributed by atoms with E-state index in [0.29, 0.717) is 11.3 Å². The maximum Gasteiger partial charge on any atom is 0.438 e. The van der Waals surface area contributed by atoms with Gasteiger partial charge in [-0.05, 0) is 42.0 Å². The van der Waals surface area contributed by atoms with Gasteiger partial charge in [-0.2, -0.15) is 23.3 Å². The standard InChI is InChI=1S/C17H14F3N3O3/c1-26-13-6-4-11(5-7-13)14-9-16(25,17(18,19)20)23(22-14)15(24)12-3-2-8-21-10-12/h2-8,10,25H,9H2,1H3/t16-/m0/s1. The molecule has 0 unspecified atom stereocenters. The van der Waals surface area contributed by atoms with Gasteiger partial charge in [-0.3, -0.25) is 9.78 Å². The lowest BCUT2D eigenvalue weighted by Gasteiger charge is -2.32.